The van der Waals surface area contributed by atoms with E-state index in [-0.39, 0.29) is 35.8 Å². The van der Waals surface area contributed by atoms with Gasteiger partial charge in [-0.05, 0) is 35.2 Å². The molecule has 4 rings (SSSR count). The molecule has 0 radical (unpaired) electrons. The van der Waals surface area contributed by atoms with Crippen LogP contribution >= 0.6 is 35.3 Å². The summed E-state index contributed by atoms with van der Waals surface area (Å²) in [4.78, 5) is 11.6. The van der Waals surface area contributed by atoms with Crippen molar-refractivity contribution in [1.29, 1.82) is 0 Å². The number of nitrogens with one attached hydrogen (secondary N) is 1. The highest BCUT2D eigenvalue weighted by Gasteiger charge is 2.25. The van der Waals surface area contributed by atoms with E-state index in [1.807, 2.05) is 13.1 Å². The van der Waals surface area contributed by atoms with Gasteiger partial charge in [0.25, 0.3) is 0 Å². The van der Waals surface area contributed by atoms with Crippen molar-refractivity contribution in [3.8, 4) is 0 Å². The number of aliphatic imine (C=N–C) groups is 1. The van der Waals surface area contributed by atoms with Crippen LogP contribution in [-0.4, -0.2) is 81.8 Å². The van der Waals surface area contributed by atoms with Gasteiger partial charge in [0.05, 0.1) is 24.3 Å². The molecule has 2 aliphatic heterocycles. The zero-order chi connectivity index (χ0) is 20.8. The van der Waals surface area contributed by atoms with E-state index in [4.69, 9.17) is 4.74 Å². The Balaban J connectivity index is 0.00000272. The molecule has 31 heavy (non-hydrogen) atoms. The summed E-state index contributed by atoms with van der Waals surface area (Å²) in [5.41, 5.74) is 0.988. The molecular formula is C22H31FIN5OS. The molecule has 6 nitrogen and oxygen atoms in total. The van der Waals surface area contributed by atoms with E-state index in [0.717, 1.165) is 50.8 Å². The van der Waals surface area contributed by atoms with Crippen LogP contribution in [0.3, 0.4) is 0 Å². The molecule has 0 amide bonds. The Morgan fingerprint density at radius 1 is 1.13 bits per heavy atom. The van der Waals surface area contributed by atoms with E-state index in [9.17, 15) is 4.39 Å². The van der Waals surface area contributed by atoms with Gasteiger partial charge in [-0.3, -0.25) is 9.89 Å². The fourth-order valence-electron chi connectivity index (χ4n) is 4.17. The number of piperazine rings is 1. The third-order valence-corrected chi connectivity index (χ3v) is 6.71. The Morgan fingerprint density at radius 3 is 2.55 bits per heavy atom. The molecule has 0 saturated carbocycles. The summed E-state index contributed by atoms with van der Waals surface area (Å²) in [5, 5.41) is 7.01. The van der Waals surface area contributed by atoms with Crippen molar-refractivity contribution in [2.75, 3.05) is 71.0 Å². The molecule has 0 spiro atoms. The minimum Gasteiger partial charge on any atom is -0.379 e. The van der Waals surface area contributed by atoms with Crippen LogP contribution in [0.4, 0.5) is 9.39 Å². The number of thiophene rings is 1. The van der Waals surface area contributed by atoms with Crippen molar-refractivity contribution < 1.29 is 9.13 Å². The summed E-state index contributed by atoms with van der Waals surface area (Å²) in [6, 6.07) is 11.3. The van der Waals surface area contributed by atoms with Crippen molar-refractivity contribution >= 4 is 46.3 Å². The average Bonchev–Trinajstić information content (AvgIpc) is 3.33. The maximum atomic E-state index is 13.9. The maximum absolute atomic E-state index is 13.9. The summed E-state index contributed by atoms with van der Waals surface area (Å²) in [7, 11) is 1.83. The highest BCUT2D eigenvalue weighted by atomic mass is 127. The van der Waals surface area contributed by atoms with Crippen molar-refractivity contribution in [3.63, 3.8) is 0 Å². The van der Waals surface area contributed by atoms with E-state index in [2.05, 4.69) is 42.5 Å². The first-order valence-corrected chi connectivity index (χ1v) is 11.4. The average molecular weight is 559 g/mol. The number of rotatable bonds is 5. The second-order valence-corrected chi connectivity index (χ2v) is 8.50. The van der Waals surface area contributed by atoms with Gasteiger partial charge >= 0.3 is 0 Å². The second-order valence-electron chi connectivity index (χ2n) is 7.57. The Morgan fingerprint density at radius 2 is 1.90 bits per heavy atom. The first kappa shape index (κ1) is 24.2. The van der Waals surface area contributed by atoms with Gasteiger partial charge in [-0.15, -0.1) is 35.3 Å². The van der Waals surface area contributed by atoms with Crippen LogP contribution in [0.5, 0.6) is 0 Å². The van der Waals surface area contributed by atoms with Gasteiger partial charge in [-0.2, -0.15) is 0 Å². The van der Waals surface area contributed by atoms with Gasteiger partial charge < -0.3 is 19.9 Å². The Labute approximate surface area is 205 Å². The van der Waals surface area contributed by atoms with Gasteiger partial charge in [0.2, 0.25) is 0 Å². The first-order valence-electron chi connectivity index (χ1n) is 10.6. The highest BCUT2D eigenvalue weighted by Crippen LogP contribution is 2.24. The van der Waals surface area contributed by atoms with Crippen LogP contribution < -0.4 is 10.2 Å². The van der Waals surface area contributed by atoms with Gasteiger partial charge in [0.1, 0.15) is 5.82 Å². The van der Waals surface area contributed by atoms with E-state index in [1.54, 1.807) is 23.5 Å². The Hall–Kier alpha value is -1.43. The van der Waals surface area contributed by atoms with Crippen LogP contribution in [0.15, 0.2) is 46.8 Å². The number of nitrogens with zero attached hydrogens (tertiary/aromatic N) is 4. The van der Waals surface area contributed by atoms with Crippen molar-refractivity contribution in [2.45, 2.75) is 6.04 Å². The molecule has 0 bridgehead atoms. The topological polar surface area (TPSA) is 43.3 Å². The molecule has 2 aliphatic rings. The lowest BCUT2D eigenvalue weighted by Crippen LogP contribution is -2.53. The van der Waals surface area contributed by atoms with Crippen LogP contribution in [0, 0.1) is 5.82 Å². The largest absolute Gasteiger partial charge is 0.379 e. The fourth-order valence-corrected chi connectivity index (χ4v) is 4.95. The van der Waals surface area contributed by atoms with Gasteiger partial charge in [-0.25, -0.2) is 4.39 Å². The standard InChI is InChI=1S/C22H30FN5OS.HI/c1-24-22(28-9-7-27(8-10-28)21-6-3-15-30-21)25-17-20(26-11-13-29-14-12-26)18-4-2-5-19(23)16-18;/h2-6,15-16,20H,7-14,17H2,1H3,(H,24,25);1H. The maximum Gasteiger partial charge on any atom is 0.193 e. The molecule has 1 aromatic carbocycles. The lowest BCUT2D eigenvalue weighted by Gasteiger charge is -2.39. The molecule has 2 fully saturated rings. The Bertz CT molecular complexity index is 823. The van der Waals surface area contributed by atoms with Crippen LogP contribution in [0.1, 0.15) is 11.6 Å². The van der Waals surface area contributed by atoms with E-state index < -0.39 is 0 Å². The molecule has 0 aliphatic carbocycles. The number of ether oxygens (including phenoxy) is 1. The molecule has 2 aromatic rings. The number of halogens is 2. The van der Waals surface area contributed by atoms with Crippen LogP contribution in [-0.2, 0) is 4.74 Å². The second kappa shape index (κ2) is 12.0. The quantitative estimate of drug-likeness (QED) is 0.346. The molecule has 3 heterocycles. The van der Waals surface area contributed by atoms with Gasteiger partial charge in [-0.1, -0.05) is 12.1 Å². The van der Waals surface area contributed by atoms with Crippen molar-refractivity contribution in [2.24, 2.45) is 4.99 Å². The molecule has 9 heteroatoms. The van der Waals surface area contributed by atoms with Crippen molar-refractivity contribution in [3.05, 3.63) is 53.2 Å². The first-order chi connectivity index (χ1) is 14.7. The van der Waals surface area contributed by atoms with E-state index >= 15 is 0 Å². The molecular weight excluding hydrogens is 528 g/mol. The molecule has 1 unspecified atom stereocenters. The van der Waals surface area contributed by atoms with Gasteiger partial charge in [0.15, 0.2) is 5.96 Å². The number of anilines is 1. The summed E-state index contributed by atoms with van der Waals surface area (Å²) in [6.45, 7) is 7.63. The van der Waals surface area contributed by atoms with Crippen LogP contribution in [0.2, 0.25) is 0 Å². The SMILES string of the molecule is CN=C(NCC(c1cccc(F)c1)N1CCOCC1)N1CCN(c2cccs2)CC1.I. The summed E-state index contributed by atoms with van der Waals surface area (Å²) in [5.74, 6) is 0.718. The van der Waals surface area contributed by atoms with Crippen molar-refractivity contribution in [1.82, 2.24) is 15.1 Å². The zero-order valence-electron chi connectivity index (χ0n) is 17.9. The highest BCUT2D eigenvalue weighted by molar-refractivity contribution is 14.0. The summed E-state index contributed by atoms with van der Waals surface area (Å²) >= 11 is 1.79. The molecule has 1 aromatic heterocycles. The fraction of sp³-hybridized carbons (Fsp3) is 0.500. The summed E-state index contributed by atoms with van der Waals surface area (Å²) < 4.78 is 19.4. The number of hydrogen-bond acceptors (Lipinski definition) is 5. The van der Waals surface area contributed by atoms with Crippen LogP contribution in [0.25, 0.3) is 0 Å². The Kier molecular flexibility index (Phi) is 9.36. The minimum atomic E-state index is -0.195. The normalized spacial score (nSPS) is 19.1. The smallest absolute Gasteiger partial charge is 0.193 e. The molecule has 170 valence electrons. The number of morpholine rings is 1. The predicted octanol–water partition coefficient (Wildman–Crippen LogP) is 3.28. The van der Waals surface area contributed by atoms with E-state index in [0.29, 0.717) is 19.8 Å². The lowest BCUT2D eigenvalue weighted by atomic mass is 10.0. The number of benzene rings is 1. The molecule has 2 saturated heterocycles. The number of guanidine groups is 1. The third kappa shape index (κ3) is 6.30. The monoisotopic (exact) mass is 559 g/mol. The lowest BCUT2D eigenvalue weighted by molar-refractivity contribution is 0.0168. The predicted molar refractivity (Wildman–Crippen MR) is 136 cm³/mol. The minimum absolute atomic E-state index is 0. The zero-order valence-corrected chi connectivity index (χ0v) is 21.0. The molecule has 1 N–H and O–H groups in total. The molecule has 1 atom stereocenters. The van der Waals surface area contributed by atoms with Gasteiger partial charge in [0, 0.05) is 52.9 Å². The number of hydrogen-bond donors (Lipinski definition) is 1. The van der Waals surface area contributed by atoms with E-state index in [1.165, 1.54) is 11.1 Å². The third-order valence-electron chi connectivity index (χ3n) is 5.78. The summed E-state index contributed by atoms with van der Waals surface area (Å²) in [6.07, 6.45) is 0.